The number of halogens is 3. The predicted molar refractivity (Wildman–Crippen MR) is 92.4 cm³/mol. The number of amides is 2. The molecule has 0 radical (unpaired) electrons. The van der Waals surface area contributed by atoms with E-state index in [1.54, 1.807) is 18.2 Å². The fourth-order valence-electron chi connectivity index (χ4n) is 2.48. The zero-order valence-electron chi connectivity index (χ0n) is 14.4. The van der Waals surface area contributed by atoms with Crippen molar-refractivity contribution >= 4 is 11.8 Å². The lowest BCUT2D eigenvalue weighted by Gasteiger charge is -2.19. The summed E-state index contributed by atoms with van der Waals surface area (Å²) in [6.45, 7) is 0. The second-order valence-electron chi connectivity index (χ2n) is 6.00. The molecule has 2 aromatic carbocycles. The first-order chi connectivity index (χ1) is 13.1. The molecule has 2 amide bonds. The van der Waals surface area contributed by atoms with Crippen molar-refractivity contribution in [3.63, 3.8) is 0 Å². The number of nitrogens with zero attached hydrogens (tertiary/aromatic N) is 1. The highest BCUT2D eigenvalue weighted by Gasteiger charge is 2.31. The standard InChI is InChI=1S/C19H16F3N3O3/c20-19(21,22)14-6-4-13(5-7-14)16(26)18(28)25-15(17(24)27)9-11-2-1-3-12(8-11)10-23/h1-8,15-16,26H,9H2,(H2,24,27)(H,25,28)/t15-,16+/m0/s1. The second-order valence-corrected chi connectivity index (χ2v) is 6.00. The van der Waals surface area contributed by atoms with Crippen molar-refractivity contribution in [1.82, 2.24) is 5.32 Å². The van der Waals surface area contributed by atoms with Crippen molar-refractivity contribution < 1.29 is 27.9 Å². The molecule has 0 spiro atoms. The van der Waals surface area contributed by atoms with Gasteiger partial charge >= 0.3 is 6.18 Å². The molecular formula is C19H16F3N3O3. The molecule has 146 valence electrons. The van der Waals surface area contributed by atoms with E-state index in [0.29, 0.717) is 11.1 Å². The monoisotopic (exact) mass is 391 g/mol. The number of benzene rings is 2. The normalized spacial score (nSPS) is 13.2. The zero-order chi connectivity index (χ0) is 20.9. The Balaban J connectivity index is 2.10. The van der Waals surface area contributed by atoms with Crippen LogP contribution in [0.2, 0.25) is 0 Å². The van der Waals surface area contributed by atoms with Gasteiger partial charge in [0.2, 0.25) is 5.91 Å². The molecule has 6 nitrogen and oxygen atoms in total. The lowest BCUT2D eigenvalue weighted by Crippen LogP contribution is -2.47. The van der Waals surface area contributed by atoms with E-state index in [1.165, 1.54) is 6.07 Å². The fraction of sp³-hybridized carbons (Fsp3) is 0.211. The maximum absolute atomic E-state index is 12.6. The summed E-state index contributed by atoms with van der Waals surface area (Å²) in [5.41, 5.74) is 5.22. The van der Waals surface area contributed by atoms with Crippen LogP contribution < -0.4 is 11.1 Å². The maximum atomic E-state index is 12.6. The Morgan fingerprint density at radius 3 is 2.36 bits per heavy atom. The molecule has 0 aliphatic carbocycles. The van der Waals surface area contributed by atoms with Crippen molar-refractivity contribution in [2.75, 3.05) is 0 Å². The smallest absolute Gasteiger partial charge is 0.378 e. The molecule has 0 unspecified atom stereocenters. The summed E-state index contributed by atoms with van der Waals surface area (Å²) in [5.74, 6) is -1.85. The van der Waals surface area contributed by atoms with Gasteiger partial charge in [-0.05, 0) is 35.4 Å². The van der Waals surface area contributed by atoms with Crippen LogP contribution in [0.15, 0.2) is 48.5 Å². The van der Waals surface area contributed by atoms with Crippen molar-refractivity contribution in [2.45, 2.75) is 24.7 Å². The molecule has 28 heavy (non-hydrogen) atoms. The number of carbonyl (C=O) groups excluding carboxylic acids is 2. The lowest BCUT2D eigenvalue weighted by atomic mass is 10.0. The summed E-state index contributed by atoms with van der Waals surface area (Å²) in [7, 11) is 0. The molecule has 2 atom stereocenters. The van der Waals surface area contributed by atoms with E-state index < -0.39 is 35.7 Å². The third-order valence-electron chi connectivity index (χ3n) is 3.96. The highest BCUT2D eigenvalue weighted by molar-refractivity contribution is 5.89. The molecule has 0 saturated heterocycles. The number of hydrogen-bond donors (Lipinski definition) is 3. The van der Waals surface area contributed by atoms with E-state index in [2.05, 4.69) is 5.32 Å². The van der Waals surface area contributed by atoms with E-state index in [0.717, 1.165) is 24.3 Å². The van der Waals surface area contributed by atoms with Gasteiger partial charge in [-0.3, -0.25) is 9.59 Å². The predicted octanol–water partition coefficient (Wildman–Crippen LogP) is 1.82. The highest BCUT2D eigenvalue weighted by atomic mass is 19.4. The molecular weight excluding hydrogens is 375 g/mol. The third-order valence-corrected chi connectivity index (χ3v) is 3.96. The summed E-state index contributed by atoms with van der Waals surface area (Å²) >= 11 is 0. The van der Waals surface area contributed by atoms with Crippen molar-refractivity contribution in [1.29, 1.82) is 5.26 Å². The zero-order valence-corrected chi connectivity index (χ0v) is 14.4. The Morgan fingerprint density at radius 1 is 1.18 bits per heavy atom. The summed E-state index contributed by atoms with van der Waals surface area (Å²) in [4.78, 5) is 23.9. The number of aliphatic hydroxyl groups is 1. The number of rotatable bonds is 6. The van der Waals surface area contributed by atoms with Crippen LogP contribution in [0.25, 0.3) is 0 Å². The number of nitrogens with one attached hydrogen (secondary N) is 1. The largest absolute Gasteiger partial charge is 0.416 e. The second kappa shape index (κ2) is 8.54. The first-order valence-corrected chi connectivity index (χ1v) is 8.05. The minimum atomic E-state index is -4.54. The van der Waals surface area contributed by atoms with Gasteiger partial charge in [0.1, 0.15) is 6.04 Å². The van der Waals surface area contributed by atoms with Crippen LogP contribution in [0.4, 0.5) is 13.2 Å². The minimum Gasteiger partial charge on any atom is -0.378 e. The Labute approximate surface area is 158 Å². The fourth-order valence-corrected chi connectivity index (χ4v) is 2.48. The van der Waals surface area contributed by atoms with Gasteiger partial charge in [-0.2, -0.15) is 18.4 Å². The number of alkyl halides is 3. The Bertz CT molecular complexity index is 905. The van der Waals surface area contributed by atoms with Crippen molar-refractivity contribution in [3.8, 4) is 6.07 Å². The average molecular weight is 391 g/mol. The Kier molecular flexibility index (Phi) is 6.38. The van der Waals surface area contributed by atoms with Crippen molar-refractivity contribution in [2.24, 2.45) is 5.73 Å². The molecule has 2 rings (SSSR count). The van der Waals surface area contributed by atoms with Crippen LogP contribution >= 0.6 is 0 Å². The Hall–Kier alpha value is -3.38. The number of nitriles is 1. The first-order valence-electron chi connectivity index (χ1n) is 8.05. The maximum Gasteiger partial charge on any atom is 0.416 e. The van der Waals surface area contributed by atoms with Crippen molar-refractivity contribution in [3.05, 3.63) is 70.8 Å². The van der Waals surface area contributed by atoms with Gasteiger partial charge in [-0.25, -0.2) is 0 Å². The van der Waals surface area contributed by atoms with E-state index >= 15 is 0 Å². The molecule has 0 aliphatic heterocycles. The topological polar surface area (TPSA) is 116 Å². The van der Waals surface area contributed by atoms with Crippen LogP contribution in [0.5, 0.6) is 0 Å². The van der Waals surface area contributed by atoms with E-state index in [9.17, 15) is 27.9 Å². The van der Waals surface area contributed by atoms with Gasteiger partial charge in [0.15, 0.2) is 6.10 Å². The number of primary amides is 1. The van der Waals surface area contributed by atoms with E-state index in [1.807, 2.05) is 6.07 Å². The Morgan fingerprint density at radius 2 is 1.82 bits per heavy atom. The first kappa shape index (κ1) is 20.9. The lowest BCUT2D eigenvalue weighted by molar-refractivity contribution is -0.137. The molecule has 0 saturated carbocycles. The third kappa shape index (κ3) is 5.31. The van der Waals surface area contributed by atoms with Gasteiger partial charge in [0.05, 0.1) is 17.2 Å². The number of hydrogen-bond acceptors (Lipinski definition) is 4. The molecule has 0 aromatic heterocycles. The quantitative estimate of drug-likeness (QED) is 0.696. The van der Waals surface area contributed by atoms with Gasteiger partial charge < -0.3 is 16.2 Å². The summed E-state index contributed by atoms with van der Waals surface area (Å²) in [6.07, 6.45) is -6.34. The van der Waals surface area contributed by atoms with Crippen LogP contribution in [-0.4, -0.2) is 23.0 Å². The molecule has 2 aromatic rings. The van der Waals surface area contributed by atoms with Crippen LogP contribution in [0.1, 0.15) is 28.4 Å². The SMILES string of the molecule is N#Cc1cccc(C[C@H](NC(=O)[C@H](O)c2ccc(C(F)(F)F)cc2)C(N)=O)c1. The average Bonchev–Trinajstić information content (AvgIpc) is 2.66. The van der Waals surface area contributed by atoms with Crippen LogP contribution in [-0.2, 0) is 22.2 Å². The van der Waals surface area contributed by atoms with Crippen LogP contribution in [0, 0.1) is 11.3 Å². The summed E-state index contributed by atoms with van der Waals surface area (Å²) in [6, 6.07) is 10.5. The number of nitrogens with two attached hydrogens (primary N) is 1. The van der Waals surface area contributed by atoms with Gasteiger partial charge in [-0.1, -0.05) is 24.3 Å². The summed E-state index contributed by atoms with van der Waals surface area (Å²) < 4.78 is 37.8. The molecule has 0 aliphatic rings. The molecule has 4 N–H and O–H groups in total. The molecule has 9 heteroatoms. The number of carbonyl (C=O) groups is 2. The minimum absolute atomic E-state index is 0.0175. The van der Waals surface area contributed by atoms with Crippen LogP contribution in [0.3, 0.4) is 0 Å². The van der Waals surface area contributed by atoms with Gasteiger partial charge in [0, 0.05) is 6.42 Å². The van der Waals surface area contributed by atoms with Gasteiger partial charge in [0.25, 0.3) is 5.91 Å². The summed E-state index contributed by atoms with van der Waals surface area (Å²) in [5, 5.41) is 21.3. The van der Waals surface area contributed by atoms with E-state index in [-0.39, 0.29) is 12.0 Å². The number of aliphatic hydroxyl groups excluding tert-OH is 1. The molecule has 0 fully saturated rings. The highest BCUT2D eigenvalue weighted by Crippen LogP contribution is 2.30. The molecule has 0 bridgehead atoms. The van der Waals surface area contributed by atoms with E-state index in [4.69, 9.17) is 11.0 Å². The van der Waals surface area contributed by atoms with Gasteiger partial charge in [-0.15, -0.1) is 0 Å². The molecule has 0 heterocycles.